The van der Waals surface area contributed by atoms with Crippen molar-refractivity contribution in [1.29, 1.82) is 0 Å². The van der Waals surface area contributed by atoms with Gasteiger partial charge in [0.05, 0.1) is 7.11 Å². The van der Waals surface area contributed by atoms with Gasteiger partial charge in [-0.05, 0) is 45.0 Å². The smallest absolute Gasteiger partial charge is 0.122 e. The highest BCUT2D eigenvalue weighted by atomic mass is 32.1. The molecular weight excluding hydrogens is 254 g/mol. The van der Waals surface area contributed by atoms with Crippen molar-refractivity contribution in [3.63, 3.8) is 0 Å². The van der Waals surface area contributed by atoms with E-state index < -0.39 is 0 Å². The fourth-order valence-corrected chi connectivity index (χ4v) is 3.08. The summed E-state index contributed by atoms with van der Waals surface area (Å²) in [4.78, 5) is 0. The lowest BCUT2D eigenvalue weighted by Crippen LogP contribution is -2.13. The van der Waals surface area contributed by atoms with E-state index in [1.54, 1.807) is 18.4 Å². The highest BCUT2D eigenvalue weighted by Crippen LogP contribution is 2.36. The Morgan fingerprint density at radius 3 is 2.53 bits per heavy atom. The van der Waals surface area contributed by atoms with Crippen LogP contribution in [0.3, 0.4) is 0 Å². The maximum Gasteiger partial charge on any atom is 0.122 e. The summed E-state index contributed by atoms with van der Waals surface area (Å²) in [6.45, 7) is 7.18. The van der Waals surface area contributed by atoms with Crippen LogP contribution in [0, 0.1) is 0 Å². The molecule has 102 valence electrons. The number of thiophene rings is 1. The van der Waals surface area contributed by atoms with E-state index in [2.05, 4.69) is 43.7 Å². The number of hydrogen-bond acceptors (Lipinski definition) is 3. The Hall–Kier alpha value is -1.32. The van der Waals surface area contributed by atoms with E-state index in [0.717, 1.165) is 5.75 Å². The van der Waals surface area contributed by atoms with Gasteiger partial charge in [-0.2, -0.15) is 11.3 Å². The zero-order valence-electron chi connectivity index (χ0n) is 12.0. The maximum atomic E-state index is 5.79. The first-order chi connectivity index (χ1) is 8.97. The van der Waals surface area contributed by atoms with E-state index in [1.165, 1.54) is 22.3 Å². The molecule has 0 spiro atoms. The summed E-state index contributed by atoms with van der Waals surface area (Å²) in [5.74, 6) is 0.945. The molecule has 3 heteroatoms. The highest BCUT2D eigenvalue weighted by Gasteiger charge is 2.20. The second-order valence-electron chi connectivity index (χ2n) is 5.68. The van der Waals surface area contributed by atoms with Gasteiger partial charge in [-0.15, -0.1) is 0 Å². The molecule has 2 rings (SSSR count). The molecule has 2 N–H and O–H groups in total. The number of ether oxygens (including phenoxy) is 1. The minimum absolute atomic E-state index is 0.0558. The maximum absolute atomic E-state index is 5.79. The molecule has 0 aliphatic heterocycles. The first-order valence-corrected chi connectivity index (χ1v) is 7.35. The minimum Gasteiger partial charge on any atom is -0.496 e. The van der Waals surface area contributed by atoms with Crippen LogP contribution in [0.15, 0.2) is 29.0 Å². The van der Waals surface area contributed by atoms with Gasteiger partial charge in [0.15, 0.2) is 0 Å². The van der Waals surface area contributed by atoms with Crippen LogP contribution in [0.4, 0.5) is 0 Å². The molecular formula is C16H21NOS. The predicted octanol–water partition coefficient (Wildman–Crippen LogP) is 4.18. The fraction of sp³-hybridized carbons (Fsp3) is 0.375. The monoisotopic (exact) mass is 275 g/mol. The molecule has 1 aromatic carbocycles. The van der Waals surface area contributed by atoms with Crippen LogP contribution < -0.4 is 10.5 Å². The van der Waals surface area contributed by atoms with Crippen molar-refractivity contribution in [2.24, 2.45) is 5.73 Å². The predicted molar refractivity (Wildman–Crippen MR) is 82.9 cm³/mol. The van der Waals surface area contributed by atoms with Crippen molar-refractivity contribution in [3.05, 3.63) is 40.1 Å². The van der Waals surface area contributed by atoms with Crippen molar-refractivity contribution in [2.45, 2.75) is 32.7 Å². The Labute approximate surface area is 119 Å². The molecule has 1 aromatic heterocycles. The lowest BCUT2D eigenvalue weighted by atomic mass is 9.84. The van der Waals surface area contributed by atoms with Crippen LogP contribution in [-0.2, 0) is 12.0 Å². The number of methoxy groups -OCH3 is 1. The summed E-state index contributed by atoms with van der Waals surface area (Å²) in [6.07, 6.45) is 0. The Kier molecular flexibility index (Phi) is 3.97. The Bertz CT molecular complexity index is 566. The average molecular weight is 275 g/mol. The highest BCUT2D eigenvalue weighted by molar-refractivity contribution is 7.08. The van der Waals surface area contributed by atoms with E-state index in [9.17, 15) is 0 Å². The minimum atomic E-state index is 0.0558. The van der Waals surface area contributed by atoms with Crippen molar-refractivity contribution < 1.29 is 4.74 Å². The second kappa shape index (κ2) is 5.35. The van der Waals surface area contributed by atoms with Crippen molar-refractivity contribution in [1.82, 2.24) is 0 Å². The Balaban J connectivity index is 2.55. The molecule has 0 amide bonds. The SMILES string of the molecule is COc1ccc(-c2cscc2CN)cc1C(C)(C)C. The fourth-order valence-electron chi connectivity index (χ4n) is 2.20. The third kappa shape index (κ3) is 2.82. The quantitative estimate of drug-likeness (QED) is 0.912. The van der Waals surface area contributed by atoms with Gasteiger partial charge in [-0.1, -0.05) is 26.8 Å². The lowest BCUT2D eigenvalue weighted by Gasteiger charge is -2.23. The van der Waals surface area contributed by atoms with E-state index in [1.807, 2.05) is 6.07 Å². The largest absolute Gasteiger partial charge is 0.496 e. The third-order valence-corrected chi connectivity index (χ3v) is 4.07. The molecule has 0 fully saturated rings. The summed E-state index contributed by atoms with van der Waals surface area (Å²) in [6, 6.07) is 6.38. The van der Waals surface area contributed by atoms with Crippen LogP contribution in [0.2, 0.25) is 0 Å². The molecule has 2 aromatic rings. The summed E-state index contributed by atoms with van der Waals surface area (Å²) in [5.41, 5.74) is 10.7. The molecule has 0 atom stereocenters. The molecule has 0 radical (unpaired) electrons. The summed E-state index contributed by atoms with van der Waals surface area (Å²) >= 11 is 1.70. The zero-order valence-corrected chi connectivity index (χ0v) is 12.8. The van der Waals surface area contributed by atoms with Crippen LogP contribution in [0.5, 0.6) is 5.75 Å². The Morgan fingerprint density at radius 2 is 1.95 bits per heavy atom. The van der Waals surface area contributed by atoms with Gasteiger partial charge in [0.1, 0.15) is 5.75 Å². The van der Waals surface area contributed by atoms with Crippen LogP contribution in [-0.4, -0.2) is 7.11 Å². The molecule has 0 saturated heterocycles. The summed E-state index contributed by atoms with van der Waals surface area (Å²) in [7, 11) is 1.72. The van der Waals surface area contributed by atoms with Gasteiger partial charge in [0.2, 0.25) is 0 Å². The van der Waals surface area contributed by atoms with E-state index >= 15 is 0 Å². The number of nitrogens with two attached hydrogens (primary N) is 1. The number of rotatable bonds is 3. The summed E-state index contributed by atoms with van der Waals surface area (Å²) < 4.78 is 5.48. The van der Waals surface area contributed by atoms with E-state index in [-0.39, 0.29) is 5.41 Å². The van der Waals surface area contributed by atoms with Crippen molar-refractivity contribution >= 4 is 11.3 Å². The van der Waals surface area contributed by atoms with Gasteiger partial charge in [-0.3, -0.25) is 0 Å². The van der Waals surface area contributed by atoms with E-state index in [0.29, 0.717) is 6.54 Å². The number of hydrogen-bond donors (Lipinski definition) is 1. The lowest BCUT2D eigenvalue weighted by molar-refractivity contribution is 0.397. The van der Waals surface area contributed by atoms with Gasteiger partial charge < -0.3 is 10.5 Å². The van der Waals surface area contributed by atoms with Crippen LogP contribution in [0.25, 0.3) is 11.1 Å². The molecule has 0 unspecified atom stereocenters. The third-order valence-electron chi connectivity index (χ3n) is 3.28. The summed E-state index contributed by atoms with van der Waals surface area (Å²) in [5, 5.41) is 4.28. The first-order valence-electron chi connectivity index (χ1n) is 6.41. The normalized spacial score (nSPS) is 11.6. The topological polar surface area (TPSA) is 35.2 Å². The van der Waals surface area contributed by atoms with E-state index in [4.69, 9.17) is 10.5 Å². The Morgan fingerprint density at radius 1 is 1.21 bits per heavy atom. The van der Waals surface area contributed by atoms with Gasteiger partial charge >= 0.3 is 0 Å². The molecule has 2 nitrogen and oxygen atoms in total. The second-order valence-corrected chi connectivity index (χ2v) is 6.42. The van der Waals surface area contributed by atoms with Crippen LogP contribution in [0.1, 0.15) is 31.9 Å². The standard InChI is InChI=1S/C16H21NOS/c1-16(2,3)14-7-11(5-6-15(14)18-4)13-10-19-9-12(13)8-17/h5-7,9-10H,8,17H2,1-4H3. The molecule has 0 aliphatic rings. The molecule has 0 bridgehead atoms. The van der Waals surface area contributed by atoms with Crippen LogP contribution >= 0.6 is 11.3 Å². The first kappa shape index (κ1) is 14.1. The number of benzene rings is 1. The molecule has 19 heavy (non-hydrogen) atoms. The molecule has 0 saturated carbocycles. The van der Waals surface area contributed by atoms with Gasteiger partial charge in [0.25, 0.3) is 0 Å². The zero-order chi connectivity index (χ0) is 14.0. The van der Waals surface area contributed by atoms with Gasteiger partial charge in [0, 0.05) is 12.1 Å². The van der Waals surface area contributed by atoms with Crippen molar-refractivity contribution in [2.75, 3.05) is 7.11 Å². The average Bonchev–Trinajstić information content (AvgIpc) is 2.85. The van der Waals surface area contributed by atoms with Gasteiger partial charge in [-0.25, -0.2) is 0 Å². The van der Waals surface area contributed by atoms with Crippen molar-refractivity contribution in [3.8, 4) is 16.9 Å². The molecule has 0 aliphatic carbocycles. The molecule has 1 heterocycles.